The maximum absolute atomic E-state index is 4.59. The number of aliphatic imine (C=N–C) groups is 2. The van der Waals surface area contributed by atoms with E-state index in [1.54, 1.807) is 37.5 Å². The lowest BCUT2D eigenvalue weighted by Gasteiger charge is -2.29. The van der Waals surface area contributed by atoms with E-state index in [2.05, 4.69) is 29.9 Å². The Labute approximate surface area is 166 Å². The van der Waals surface area contributed by atoms with Gasteiger partial charge in [-0.15, -0.1) is 0 Å². The highest BCUT2D eigenvalue weighted by atomic mass is 15.1. The van der Waals surface area contributed by atoms with Crippen LogP contribution in [0.5, 0.6) is 0 Å². The Hall–Kier alpha value is -2.90. The summed E-state index contributed by atoms with van der Waals surface area (Å²) < 4.78 is 0. The van der Waals surface area contributed by atoms with E-state index in [-0.39, 0.29) is 11.8 Å². The quantitative estimate of drug-likeness (QED) is 0.565. The average molecular weight is 380 g/mol. The molecule has 0 aromatic carbocycles. The normalized spacial score (nSPS) is 20.0. The molecule has 0 spiro atoms. The van der Waals surface area contributed by atoms with Crippen LogP contribution in [0.4, 0.5) is 11.4 Å². The fraction of sp³-hybridized carbons (Fsp3) is 0.500. The van der Waals surface area contributed by atoms with Crippen molar-refractivity contribution < 1.29 is 0 Å². The predicted octanol–water partition coefficient (Wildman–Crippen LogP) is 3.15. The van der Waals surface area contributed by atoms with Crippen LogP contribution in [-0.2, 0) is 0 Å². The molecule has 2 heterocycles. The molecule has 8 nitrogen and oxygen atoms in total. The molecule has 1 aliphatic carbocycles. The molecule has 1 aliphatic rings. The Balaban J connectivity index is 1.77. The second-order valence-electron chi connectivity index (χ2n) is 7.51. The van der Waals surface area contributed by atoms with E-state index in [9.17, 15) is 0 Å². The van der Waals surface area contributed by atoms with Gasteiger partial charge < -0.3 is 9.80 Å². The van der Waals surface area contributed by atoms with Crippen molar-refractivity contribution in [3.63, 3.8) is 0 Å². The van der Waals surface area contributed by atoms with Crippen LogP contribution >= 0.6 is 0 Å². The third kappa shape index (κ3) is 5.31. The first kappa shape index (κ1) is 19.9. The zero-order valence-electron chi connectivity index (χ0n) is 17.0. The second-order valence-corrected chi connectivity index (χ2v) is 7.51. The van der Waals surface area contributed by atoms with Gasteiger partial charge in [0.1, 0.15) is 23.0 Å². The van der Waals surface area contributed by atoms with E-state index in [1.165, 1.54) is 12.8 Å². The number of hydrogen-bond acceptors (Lipinski definition) is 6. The minimum Gasteiger partial charge on any atom is -0.369 e. The van der Waals surface area contributed by atoms with Crippen LogP contribution in [0.15, 0.2) is 34.8 Å². The molecule has 28 heavy (non-hydrogen) atoms. The predicted molar refractivity (Wildman–Crippen MR) is 112 cm³/mol. The van der Waals surface area contributed by atoms with Gasteiger partial charge in [0.25, 0.3) is 0 Å². The summed E-state index contributed by atoms with van der Waals surface area (Å²) in [4.78, 5) is 30.8. The molecule has 2 aromatic rings. The van der Waals surface area contributed by atoms with Crippen LogP contribution < -0.4 is 0 Å². The number of aromatic nitrogens is 4. The molecule has 0 radical (unpaired) electrons. The highest BCUT2D eigenvalue weighted by Crippen LogP contribution is 2.41. The lowest BCUT2D eigenvalue weighted by molar-refractivity contribution is 0.361. The lowest BCUT2D eigenvalue weighted by atomic mass is 9.78. The molecule has 0 N–H and O–H groups in total. The van der Waals surface area contributed by atoms with Gasteiger partial charge in [0.05, 0.1) is 37.5 Å². The van der Waals surface area contributed by atoms with E-state index < -0.39 is 0 Å². The number of rotatable bonds is 6. The zero-order valence-corrected chi connectivity index (χ0v) is 17.0. The van der Waals surface area contributed by atoms with Gasteiger partial charge in [-0.3, -0.25) is 0 Å². The molecule has 2 atom stereocenters. The molecule has 0 bridgehead atoms. The summed E-state index contributed by atoms with van der Waals surface area (Å²) in [7, 11) is 7.73. The topological polar surface area (TPSA) is 82.8 Å². The molecule has 3 rings (SSSR count). The summed E-state index contributed by atoms with van der Waals surface area (Å²) in [5.74, 6) is 2.17. The first-order valence-corrected chi connectivity index (χ1v) is 9.58. The van der Waals surface area contributed by atoms with Gasteiger partial charge in [0.15, 0.2) is 0 Å². The average Bonchev–Trinajstić information content (AvgIpc) is 2.71. The fourth-order valence-electron chi connectivity index (χ4n) is 3.29. The van der Waals surface area contributed by atoms with Crippen LogP contribution in [-0.4, -0.2) is 70.6 Å². The standard InChI is InChI=1S/C20H28N8/c1-27(2)13-25-15-9-21-19(22-10-15)17-7-5-6-8-18(17)20-23-11-16(12-24-20)26-14-28(3)4/h9-14,17-18H,5-8H2,1-4H3. The maximum atomic E-state index is 4.59. The van der Waals surface area contributed by atoms with Crippen LogP contribution in [0.1, 0.15) is 49.2 Å². The number of hydrogen-bond donors (Lipinski definition) is 0. The van der Waals surface area contributed by atoms with Crippen molar-refractivity contribution in [3.05, 3.63) is 36.4 Å². The van der Waals surface area contributed by atoms with E-state index in [1.807, 2.05) is 38.0 Å². The van der Waals surface area contributed by atoms with Gasteiger partial charge in [0.2, 0.25) is 0 Å². The molecule has 0 saturated heterocycles. The molecule has 1 saturated carbocycles. The Morgan fingerprint density at radius 3 is 1.39 bits per heavy atom. The first-order chi connectivity index (χ1) is 13.5. The summed E-state index contributed by atoms with van der Waals surface area (Å²) in [6.45, 7) is 0. The largest absolute Gasteiger partial charge is 0.369 e. The highest BCUT2D eigenvalue weighted by Gasteiger charge is 2.31. The smallest absolute Gasteiger partial charge is 0.132 e. The Kier molecular flexibility index (Phi) is 6.62. The summed E-state index contributed by atoms with van der Waals surface area (Å²) >= 11 is 0. The van der Waals surface area contributed by atoms with E-state index in [4.69, 9.17) is 0 Å². The third-order valence-electron chi connectivity index (χ3n) is 4.62. The van der Waals surface area contributed by atoms with Gasteiger partial charge in [-0.25, -0.2) is 29.9 Å². The minimum absolute atomic E-state index is 0.233. The molecule has 148 valence electrons. The van der Waals surface area contributed by atoms with Crippen molar-refractivity contribution >= 4 is 24.1 Å². The minimum atomic E-state index is 0.233. The zero-order chi connectivity index (χ0) is 19.9. The Bertz CT molecular complexity index is 726. The molecule has 8 heteroatoms. The van der Waals surface area contributed by atoms with Gasteiger partial charge in [-0.2, -0.15) is 0 Å². The monoisotopic (exact) mass is 380 g/mol. The summed E-state index contributed by atoms with van der Waals surface area (Å²) in [6, 6.07) is 0. The van der Waals surface area contributed by atoms with Crippen molar-refractivity contribution in [1.82, 2.24) is 29.7 Å². The Morgan fingerprint density at radius 2 is 1.07 bits per heavy atom. The van der Waals surface area contributed by atoms with Crippen LogP contribution in [0.2, 0.25) is 0 Å². The van der Waals surface area contributed by atoms with Crippen LogP contribution in [0.25, 0.3) is 0 Å². The van der Waals surface area contributed by atoms with Gasteiger partial charge in [-0.1, -0.05) is 12.8 Å². The van der Waals surface area contributed by atoms with Crippen molar-refractivity contribution in [1.29, 1.82) is 0 Å². The first-order valence-electron chi connectivity index (χ1n) is 9.58. The van der Waals surface area contributed by atoms with Crippen LogP contribution in [0, 0.1) is 0 Å². The number of nitrogens with zero attached hydrogens (tertiary/aromatic N) is 8. The van der Waals surface area contributed by atoms with E-state index in [0.29, 0.717) is 0 Å². The summed E-state index contributed by atoms with van der Waals surface area (Å²) in [5.41, 5.74) is 1.51. The summed E-state index contributed by atoms with van der Waals surface area (Å²) in [5, 5.41) is 0. The highest BCUT2D eigenvalue weighted by molar-refractivity contribution is 5.60. The second kappa shape index (κ2) is 9.34. The molecule has 2 aromatic heterocycles. The molecular weight excluding hydrogens is 352 g/mol. The molecule has 2 unspecified atom stereocenters. The molecule has 0 aliphatic heterocycles. The molecule has 1 fully saturated rings. The SMILES string of the molecule is CN(C)C=Nc1cnc(C2CCCCC2c2ncc(N=CN(C)C)cn2)nc1. The molecule has 0 amide bonds. The maximum Gasteiger partial charge on any atom is 0.132 e. The van der Waals surface area contributed by atoms with E-state index >= 15 is 0 Å². The lowest BCUT2D eigenvalue weighted by Crippen LogP contribution is -2.20. The Morgan fingerprint density at radius 1 is 0.714 bits per heavy atom. The van der Waals surface area contributed by atoms with Crippen molar-refractivity contribution in [2.75, 3.05) is 28.2 Å². The third-order valence-corrected chi connectivity index (χ3v) is 4.62. The summed E-state index contributed by atoms with van der Waals surface area (Å²) in [6.07, 6.45) is 15.1. The van der Waals surface area contributed by atoms with Crippen molar-refractivity contribution in [3.8, 4) is 0 Å². The van der Waals surface area contributed by atoms with Gasteiger partial charge in [0, 0.05) is 40.0 Å². The van der Waals surface area contributed by atoms with Gasteiger partial charge >= 0.3 is 0 Å². The van der Waals surface area contributed by atoms with Crippen LogP contribution in [0.3, 0.4) is 0 Å². The van der Waals surface area contributed by atoms with E-state index in [0.717, 1.165) is 35.9 Å². The van der Waals surface area contributed by atoms with Crippen molar-refractivity contribution in [2.45, 2.75) is 37.5 Å². The molecular formula is C20H28N8. The van der Waals surface area contributed by atoms with Crippen molar-refractivity contribution in [2.24, 2.45) is 9.98 Å². The van der Waals surface area contributed by atoms with Gasteiger partial charge in [-0.05, 0) is 12.8 Å². The fourth-order valence-corrected chi connectivity index (χ4v) is 3.29.